The van der Waals surface area contributed by atoms with E-state index >= 15 is 0 Å². The van der Waals surface area contributed by atoms with Crippen LogP contribution in [0.1, 0.15) is 31.9 Å². The number of hydrogen-bond donors (Lipinski definition) is 1. The fraction of sp³-hybridized carbons (Fsp3) is 0.571. The molecule has 1 rings (SSSR count). The average molecular weight is 251 g/mol. The van der Waals surface area contributed by atoms with Crippen LogP contribution in [0.5, 0.6) is 5.75 Å². The smallest absolute Gasteiger partial charge is 0.250 e. The molecule has 0 amide bonds. The van der Waals surface area contributed by atoms with Crippen LogP contribution < -0.4 is 10.2 Å². The molecule has 0 aliphatic heterocycles. The van der Waals surface area contributed by atoms with Crippen LogP contribution in [0, 0.1) is 6.92 Å². The van der Waals surface area contributed by atoms with Gasteiger partial charge in [0.25, 0.3) is 0 Å². The van der Waals surface area contributed by atoms with Gasteiger partial charge in [-0.3, -0.25) is 0 Å². The minimum Gasteiger partial charge on any atom is -0.543 e. The molecule has 1 aromatic carbocycles. The zero-order chi connectivity index (χ0) is 13.3. The third-order valence-electron chi connectivity index (χ3n) is 3.61. The fourth-order valence-corrected chi connectivity index (χ4v) is 2.40. The first kappa shape index (κ1) is 14.3. The van der Waals surface area contributed by atoms with Gasteiger partial charge in [0.2, 0.25) is 8.32 Å². The highest BCUT2D eigenvalue weighted by molar-refractivity contribution is 6.74. The molecule has 1 aromatic rings. The van der Waals surface area contributed by atoms with Gasteiger partial charge in [-0.1, -0.05) is 32.9 Å². The van der Waals surface area contributed by atoms with Gasteiger partial charge in [0.15, 0.2) is 0 Å². The van der Waals surface area contributed by atoms with Gasteiger partial charge < -0.3 is 10.2 Å². The Morgan fingerprint density at radius 2 is 1.82 bits per heavy atom. The Labute approximate surface area is 106 Å². The molecule has 2 nitrogen and oxygen atoms in total. The highest BCUT2D eigenvalue weighted by Gasteiger charge is 2.39. The Balaban J connectivity index is 3.06. The normalized spacial score (nSPS) is 12.6. The summed E-state index contributed by atoms with van der Waals surface area (Å²) in [6.45, 7) is 13.9. The first-order valence-corrected chi connectivity index (χ1v) is 9.07. The SMILES string of the molecule is Cc1ccc(CN)c(O[Si](C)(C)C(C)(C)C)c1. The summed E-state index contributed by atoms with van der Waals surface area (Å²) in [6.07, 6.45) is 0. The van der Waals surface area contributed by atoms with Crippen molar-refractivity contribution < 1.29 is 4.43 Å². The van der Waals surface area contributed by atoms with E-state index in [0.29, 0.717) is 6.54 Å². The number of benzene rings is 1. The zero-order valence-electron chi connectivity index (χ0n) is 11.9. The standard InChI is InChI=1S/C14H25NOSi/c1-11-7-8-12(10-15)13(9-11)16-17(5,6)14(2,3)4/h7-9H,10,15H2,1-6H3. The highest BCUT2D eigenvalue weighted by Crippen LogP contribution is 2.38. The first-order chi connectivity index (χ1) is 7.67. The molecule has 0 fully saturated rings. The van der Waals surface area contributed by atoms with Crippen molar-refractivity contribution in [2.24, 2.45) is 5.73 Å². The van der Waals surface area contributed by atoms with E-state index in [9.17, 15) is 0 Å². The molecule has 0 heterocycles. The number of aryl methyl sites for hydroxylation is 1. The van der Waals surface area contributed by atoms with E-state index in [-0.39, 0.29) is 5.04 Å². The van der Waals surface area contributed by atoms with Crippen molar-refractivity contribution in [3.8, 4) is 5.75 Å². The van der Waals surface area contributed by atoms with Gasteiger partial charge in [0.1, 0.15) is 5.75 Å². The Hall–Kier alpha value is -0.803. The van der Waals surface area contributed by atoms with Crippen molar-refractivity contribution >= 4 is 8.32 Å². The van der Waals surface area contributed by atoms with Gasteiger partial charge in [-0.15, -0.1) is 0 Å². The second kappa shape index (κ2) is 4.82. The van der Waals surface area contributed by atoms with E-state index in [1.165, 1.54) is 5.56 Å². The van der Waals surface area contributed by atoms with Gasteiger partial charge in [-0.2, -0.15) is 0 Å². The van der Waals surface area contributed by atoms with Crippen LogP contribution in [0.4, 0.5) is 0 Å². The van der Waals surface area contributed by atoms with Crippen molar-refractivity contribution in [2.75, 3.05) is 0 Å². The summed E-state index contributed by atoms with van der Waals surface area (Å²) in [7, 11) is -1.77. The average Bonchev–Trinajstić information content (AvgIpc) is 2.15. The molecule has 0 atom stereocenters. The Morgan fingerprint density at radius 1 is 1.24 bits per heavy atom. The van der Waals surface area contributed by atoms with E-state index in [4.69, 9.17) is 10.2 Å². The van der Waals surface area contributed by atoms with Gasteiger partial charge in [0.05, 0.1) is 0 Å². The summed E-state index contributed by atoms with van der Waals surface area (Å²) in [4.78, 5) is 0. The second-order valence-corrected chi connectivity index (χ2v) is 10.9. The van der Waals surface area contributed by atoms with E-state index < -0.39 is 8.32 Å². The fourth-order valence-electron chi connectivity index (χ4n) is 1.35. The largest absolute Gasteiger partial charge is 0.543 e. The molecule has 0 saturated carbocycles. The minimum absolute atomic E-state index is 0.211. The van der Waals surface area contributed by atoms with Gasteiger partial charge in [-0.25, -0.2) is 0 Å². The lowest BCUT2D eigenvalue weighted by Gasteiger charge is -2.37. The molecular weight excluding hydrogens is 226 g/mol. The molecule has 0 aliphatic carbocycles. The molecule has 2 N–H and O–H groups in total. The maximum atomic E-state index is 6.33. The first-order valence-electron chi connectivity index (χ1n) is 6.16. The van der Waals surface area contributed by atoms with Crippen molar-refractivity contribution in [1.82, 2.24) is 0 Å². The van der Waals surface area contributed by atoms with Gasteiger partial charge in [-0.05, 0) is 36.7 Å². The van der Waals surface area contributed by atoms with Gasteiger partial charge in [0, 0.05) is 12.1 Å². The van der Waals surface area contributed by atoms with Crippen LogP contribution >= 0.6 is 0 Å². The van der Waals surface area contributed by atoms with E-state index in [1.54, 1.807) is 0 Å². The predicted molar refractivity (Wildman–Crippen MR) is 76.9 cm³/mol. The lowest BCUT2D eigenvalue weighted by molar-refractivity contribution is 0.487. The molecule has 0 aromatic heterocycles. The van der Waals surface area contributed by atoms with Crippen molar-refractivity contribution in [3.05, 3.63) is 29.3 Å². The summed E-state index contributed by atoms with van der Waals surface area (Å²) in [6, 6.07) is 6.25. The van der Waals surface area contributed by atoms with E-state index in [0.717, 1.165) is 11.3 Å². The van der Waals surface area contributed by atoms with Crippen LogP contribution in [-0.4, -0.2) is 8.32 Å². The number of rotatable bonds is 3. The molecule has 0 saturated heterocycles. The summed E-state index contributed by atoms with van der Waals surface area (Å²) in [5.74, 6) is 0.971. The lowest BCUT2D eigenvalue weighted by Crippen LogP contribution is -2.44. The van der Waals surface area contributed by atoms with Crippen LogP contribution in [-0.2, 0) is 6.54 Å². The van der Waals surface area contributed by atoms with Crippen molar-refractivity contribution in [3.63, 3.8) is 0 Å². The minimum atomic E-state index is -1.77. The van der Waals surface area contributed by atoms with E-state index in [1.807, 2.05) is 0 Å². The summed E-state index contributed by atoms with van der Waals surface area (Å²) in [5, 5.41) is 0.211. The Bertz CT molecular complexity index is 394. The highest BCUT2D eigenvalue weighted by atomic mass is 28.4. The quantitative estimate of drug-likeness (QED) is 0.828. The molecule has 0 unspecified atom stereocenters. The third-order valence-corrected chi connectivity index (χ3v) is 7.96. The Morgan fingerprint density at radius 3 is 2.29 bits per heavy atom. The van der Waals surface area contributed by atoms with Crippen LogP contribution in [0.2, 0.25) is 18.1 Å². The van der Waals surface area contributed by atoms with Crippen molar-refractivity contribution in [1.29, 1.82) is 0 Å². The number of nitrogens with two attached hydrogens (primary N) is 1. The summed E-state index contributed by atoms with van der Waals surface area (Å²) < 4.78 is 6.33. The Kier molecular flexibility index (Phi) is 4.05. The maximum Gasteiger partial charge on any atom is 0.250 e. The third kappa shape index (κ3) is 3.33. The molecule has 0 aliphatic rings. The van der Waals surface area contributed by atoms with Crippen LogP contribution in [0.3, 0.4) is 0 Å². The summed E-state index contributed by atoms with van der Waals surface area (Å²) >= 11 is 0. The molecule has 0 spiro atoms. The van der Waals surface area contributed by atoms with Crippen LogP contribution in [0.15, 0.2) is 18.2 Å². The molecule has 96 valence electrons. The zero-order valence-corrected chi connectivity index (χ0v) is 12.9. The van der Waals surface area contributed by atoms with Crippen molar-refractivity contribution in [2.45, 2.75) is 52.4 Å². The molecule has 0 radical (unpaired) electrons. The van der Waals surface area contributed by atoms with E-state index in [2.05, 4.69) is 59.0 Å². The molecule has 0 bridgehead atoms. The topological polar surface area (TPSA) is 35.2 Å². The van der Waals surface area contributed by atoms with Gasteiger partial charge >= 0.3 is 0 Å². The second-order valence-electron chi connectivity index (χ2n) is 6.18. The maximum absolute atomic E-state index is 6.33. The summed E-state index contributed by atoms with van der Waals surface area (Å²) in [5.41, 5.74) is 8.08. The molecule has 17 heavy (non-hydrogen) atoms. The monoisotopic (exact) mass is 251 g/mol. The predicted octanol–water partition coefficient (Wildman–Crippen LogP) is 3.84. The van der Waals surface area contributed by atoms with Crippen LogP contribution in [0.25, 0.3) is 0 Å². The molecular formula is C14H25NOSi. The molecule has 3 heteroatoms. The number of hydrogen-bond acceptors (Lipinski definition) is 2. The lowest BCUT2D eigenvalue weighted by atomic mass is 10.1.